The maximum atomic E-state index is 13.8. The zero-order chi connectivity index (χ0) is 26.5. The summed E-state index contributed by atoms with van der Waals surface area (Å²) in [6.07, 6.45) is 0.252. The van der Waals surface area contributed by atoms with Gasteiger partial charge in [0.25, 0.3) is 0 Å². The molecule has 7 aliphatic rings. The maximum absolute atomic E-state index is 13.8. The minimum absolute atomic E-state index is 0.302. The van der Waals surface area contributed by atoms with Crippen LogP contribution in [-0.4, -0.2) is 61.1 Å². The van der Waals surface area contributed by atoms with Gasteiger partial charge in [0.2, 0.25) is 0 Å². The minimum Gasteiger partial charge on any atom is -0.465 e. The average Bonchev–Trinajstić information content (AvgIpc) is 3.41. The quantitative estimate of drug-likeness (QED) is 0.275. The second-order valence-electron chi connectivity index (χ2n) is 12.0. The standard InChI is InChI=1S/C24H29F3O9S/c25-15(24(26,27)37(31,32)33)1-2-34-20(28)16-13-6-14-17(16)21(29)35-18(14)19(13)36-22(30)23-7-10-3-11(8-23)5-12(4-10)9-23/h10-19H,1-9H2,(H,31,32,33)/t10?,11?,12?,13-,14?,15?,16?,17?,18?,19?,23?/m1/s1. The fraction of sp³-hybridized carbons (Fsp3) is 0.875. The third-order valence-electron chi connectivity index (χ3n) is 9.86. The molecule has 7 atom stereocenters. The lowest BCUT2D eigenvalue weighted by molar-refractivity contribution is -0.187. The normalized spacial score (nSPS) is 44.1. The molecule has 9 nitrogen and oxygen atoms in total. The fourth-order valence-corrected chi connectivity index (χ4v) is 9.21. The van der Waals surface area contributed by atoms with E-state index in [1.165, 1.54) is 0 Å². The summed E-state index contributed by atoms with van der Waals surface area (Å²) in [7, 11) is -5.98. The van der Waals surface area contributed by atoms with Crippen molar-refractivity contribution in [3.8, 4) is 0 Å². The van der Waals surface area contributed by atoms with E-state index in [9.17, 15) is 36.0 Å². The summed E-state index contributed by atoms with van der Waals surface area (Å²) < 4.78 is 87.0. The predicted molar refractivity (Wildman–Crippen MR) is 116 cm³/mol. The van der Waals surface area contributed by atoms with Crippen molar-refractivity contribution >= 4 is 28.0 Å². The Morgan fingerprint density at radius 2 is 1.68 bits per heavy atom. The first-order valence-corrected chi connectivity index (χ1v) is 14.3. The Kier molecular flexibility index (Phi) is 5.70. The number of carbonyl (C=O) groups is 3. The van der Waals surface area contributed by atoms with Crippen molar-refractivity contribution in [2.24, 2.45) is 46.8 Å². The van der Waals surface area contributed by atoms with Crippen LogP contribution in [0.25, 0.3) is 0 Å². The van der Waals surface area contributed by atoms with Crippen molar-refractivity contribution < 1.29 is 54.7 Å². The molecular weight excluding hydrogens is 521 g/mol. The summed E-state index contributed by atoms with van der Waals surface area (Å²) in [5.41, 5.74) is -0.539. The monoisotopic (exact) mass is 550 g/mol. The molecule has 206 valence electrons. The lowest BCUT2D eigenvalue weighted by Crippen LogP contribution is -2.52. The summed E-state index contributed by atoms with van der Waals surface area (Å²) in [6, 6.07) is 0. The molecule has 0 spiro atoms. The lowest BCUT2D eigenvalue weighted by atomic mass is 9.49. The van der Waals surface area contributed by atoms with Crippen LogP contribution in [0.4, 0.5) is 13.2 Å². The van der Waals surface area contributed by atoms with Crippen LogP contribution in [0, 0.1) is 46.8 Å². The van der Waals surface area contributed by atoms with Gasteiger partial charge in [0.15, 0.2) is 6.17 Å². The molecule has 0 aromatic heterocycles. The molecule has 0 amide bonds. The van der Waals surface area contributed by atoms with Gasteiger partial charge in [-0.05, 0) is 62.7 Å². The molecule has 7 rings (SSSR count). The lowest BCUT2D eigenvalue weighted by Gasteiger charge is -2.55. The second-order valence-corrected chi connectivity index (χ2v) is 13.5. The summed E-state index contributed by atoms with van der Waals surface area (Å²) in [5, 5.41) is -5.05. The van der Waals surface area contributed by atoms with Gasteiger partial charge in [-0.3, -0.25) is 18.9 Å². The highest BCUT2D eigenvalue weighted by Gasteiger charge is 2.71. The first-order chi connectivity index (χ1) is 17.3. The van der Waals surface area contributed by atoms with Gasteiger partial charge in [-0.1, -0.05) is 0 Å². The van der Waals surface area contributed by atoms with E-state index in [-0.39, 0.29) is 11.9 Å². The first-order valence-electron chi connectivity index (χ1n) is 12.9. The molecule has 0 aromatic rings. The Labute approximate surface area is 211 Å². The first kappa shape index (κ1) is 25.4. The zero-order valence-electron chi connectivity index (χ0n) is 19.9. The molecule has 6 bridgehead atoms. The van der Waals surface area contributed by atoms with Gasteiger partial charge in [-0.2, -0.15) is 17.2 Å². The Bertz CT molecular complexity index is 1090. The highest BCUT2D eigenvalue weighted by molar-refractivity contribution is 7.86. The van der Waals surface area contributed by atoms with Crippen LogP contribution in [-0.2, 0) is 38.7 Å². The number of alkyl halides is 3. The predicted octanol–water partition coefficient (Wildman–Crippen LogP) is 2.67. The Morgan fingerprint density at radius 1 is 1.08 bits per heavy atom. The van der Waals surface area contributed by atoms with Crippen molar-refractivity contribution in [2.45, 2.75) is 75.0 Å². The van der Waals surface area contributed by atoms with Gasteiger partial charge in [-0.25, -0.2) is 4.39 Å². The van der Waals surface area contributed by atoms with Crippen molar-refractivity contribution in [1.29, 1.82) is 0 Å². The molecule has 0 aromatic carbocycles. The molecule has 6 unspecified atom stereocenters. The van der Waals surface area contributed by atoms with Crippen LogP contribution in [0.1, 0.15) is 51.4 Å². The van der Waals surface area contributed by atoms with Crippen LogP contribution < -0.4 is 0 Å². The van der Waals surface area contributed by atoms with E-state index in [0.29, 0.717) is 24.2 Å². The molecule has 1 saturated heterocycles. The van der Waals surface area contributed by atoms with Gasteiger partial charge < -0.3 is 14.2 Å². The molecule has 6 aliphatic carbocycles. The van der Waals surface area contributed by atoms with Crippen LogP contribution in [0.15, 0.2) is 0 Å². The van der Waals surface area contributed by atoms with E-state index in [0.717, 1.165) is 38.5 Å². The van der Waals surface area contributed by atoms with E-state index < -0.39 is 81.9 Å². The zero-order valence-corrected chi connectivity index (χ0v) is 20.7. The molecule has 7 fully saturated rings. The smallest absolute Gasteiger partial charge is 0.400 e. The SMILES string of the molecule is O=C1OC2C3C[C@@H](C2OC(=O)C24CC5CC(CC(C5)C2)C4)C(C(=O)OCCC(F)C(F)(F)S(=O)(=O)O)C13. The van der Waals surface area contributed by atoms with Crippen molar-refractivity contribution in [1.82, 2.24) is 0 Å². The summed E-state index contributed by atoms with van der Waals surface area (Å²) in [6.45, 7) is -0.887. The molecule has 37 heavy (non-hydrogen) atoms. The van der Waals surface area contributed by atoms with Crippen LogP contribution in [0.2, 0.25) is 0 Å². The van der Waals surface area contributed by atoms with E-state index >= 15 is 0 Å². The number of ether oxygens (including phenoxy) is 3. The van der Waals surface area contributed by atoms with Crippen molar-refractivity contribution in [3.05, 3.63) is 0 Å². The molecule has 6 saturated carbocycles. The number of rotatable bonds is 8. The van der Waals surface area contributed by atoms with E-state index in [1.54, 1.807) is 0 Å². The molecule has 13 heteroatoms. The number of halogens is 3. The Hall–Kier alpha value is -1.89. The molecule has 0 radical (unpaired) electrons. The van der Waals surface area contributed by atoms with E-state index in [1.807, 2.05) is 0 Å². The molecule has 1 heterocycles. The maximum Gasteiger partial charge on any atom is 0.400 e. The summed E-state index contributed by atoms with van der Waals surface area (Å²) >= 11 is 0. The van der Waals surface area contributed by atoms with Crippen molar-refractivity contribution in [2.75, 3.05) is 6.61 Å². The number of hydrogen-bond acceptors (Lipinski definition) is 8. The Morgan fingerprint density at radius 3 is 2.24 bits per heavy atom. The average molecular weight is 551 g/mol. The summed E-state index contributed by atoms with van der Waals surface area (Å²) in [5.74, 6) is -3.07. The Balaban J connectivity index is 1.12. The third kappa shape index (κ3) is 3.81. The topological polar surface area (TPSA) is 133 Å². The minimum atomic E-state index is -5.98. The van der Waals surface area contributed by atoms with Gasteiger partial charge in [0, 0.05) is 18.3 Å². The van der Waals surface area contributed by atoms with Gasteiger partial charge in [-0.15, -0.1) is 0 Å². The van der Waals surface area contributed by atoms with Gasteiger partial charge in [0.1, 0.15) is 12.2 Å². The fourth-order valence-electron chi connectivity index (χ4n) is 8.77. The van der Waals surface area contributed by atoms with Gasteiger partial charge >= 0.3 is 33.3 Å². The number of fused-ring (bicyclic) bond motifs is 1. The molecular formula is C24H29F3O9S. The van der Waals surface area contributed by atoms with Crippen LogP contribution in [0.5, 0.6) is 0 Å². The largest absolute Gasteiger partial charge is 0.465 e. The van der Waals surface area contributed by atoms with Crippen LogP contribution >= 0.6 is 0 Å². The van der Waals surface area contributed by atoms with Gasteiger partial charge in [0.05, 0.1) is 23.9 Å². The second kappa shape index (κ2) is 8.30. The number of carbonyl (C=O) groups excluding carboxylic acids is 3. The third-order valence-corrected chi connectivity index (χ3v) is 10.8. The number of hydrogen-bond donors (Lipinski definition) is 1. The van der Waals surface area contributed by atoms with Crippen molar-refractivity contribution in [3.63, 3.8) is 0 Å². The molecule has 1 N–H and O–H groups in total. The highest BCUT2D eigenvalue weighted by Crippen LogP contribution is 2.62. The van der Waals surface area contributed by atoms with E-state index in [4.69, 9.17) is 18.8 Å². The number of esters is 3. The van der Waals surface area contributed by atoms with E-state index in [2.05, 4.69) is 0 Å². The highest BCUT2D eigenvalue weighted by atomic mass is 32.2. The summed E-state index contributed by atoms with van der Waals surface area (Å²) in [4.78, 5) is 39.0. The van der Waals surface area contributed by atoms with Crippen LogP contribution in [0.3, 0.4) is 0 Å². The molecule has 1 aliphatic heterocycles.